The molecule has 3 atom stereocenters. The topological polar surface area (TPSA) is 95.2 Å². The number of hydrogen-bond acceptors (Lipinski definition) is 7. The molecule has 7 heteroatoms. The Hall–Kier alpha value is -2.38. The largest absolute Gasteiger partial charge is 0.496 e. The number of aliphatic hydroxyl groups is 1. The fourth-order valence-electron chi connectivity index (χ4n) is 4.04. The van der Waals surface area contributed by atoms with Crippen molar-refractivity contribution in [3.8, 4) is 11.5 Å². The van der Waals surface area contributed by atoms with E-state index in [1.54, 1.807) is 6.07 Å². The number of ether oxygens (including phenoxy) is 3. The van der Waals surface area contributed by atoms with Gasteiger partial charge in [-0.05, 0) is 12.0 Å². The van der Waals surface area contributed by atoms with Crippen LogP contribution < -0.4 is 15.1 Å². The van der Waals surface area contributed by atoms with Crippen molar-refractivity contribution < 1.29 is 28.5 Å². The SMILES string of the molecule is COc1cc2c(c3oc(=O)c4c(c13)CCC4=O)C1CC(O)OC1O2. The molecule has 1 aromatic heterocycles. The van der Waals surface area contributed by atoms with E-state index < -0.39 is 18.2 Å². The third kappa shape index (κ3) is 1.63. The van der Waals surface area contributed by atoms with Gasteiger partial charge in [0.15, 0.2) is 12.1 Å². The first-order chi connectivity index (χ1) is 11.6. The van der Waals surface area contributed by atoms with Crippen LogP contribution >= 0.6 is 0 Å². The maximum Gasteiger partial charge on any atom is 0.347 e. The lowest BCUT2D eigenvalue weighted by Gasteiger charge is -2.13. The van der Waals surface area contributed by atoms with Gasteiger partial charge in [0.25, 0.3) is 0 Å². The number of rotatable bonds is 1. The van der Waals surface area contributed by atoms with Gasteiger partial charge in [0.05, 0.1) is 18.4 Å². The third-order valence-electron chi connectivity index (χ3n) is 5.04. The van der Waals surface area contributed by atoms with Crippen LogP contribution in [0, 0.1) is 0 Å². The zero-order valence-corrected chi connectivity index (χ0v) is 12.8. The molecule has 1 fully saturated rings. The minimum atomic E-state index is -0.909. The predicted molar refractivity (Wildman–Crippen MR) is 80.6 cm³/mol. The Morgan fingerprint density at radius 2 is 2.12 bits per heavy atom. The lowest BCUT2D eigenvalue weighted by Crippen LogP contribution is -2.16. The minimum absolute atomic E-state index is 0.124. The van der Waals surface area contributed by atoms with Gasteiger partial charge in [0, 0.05) is 24.5 Å². The summed E-state index contributed by atoms with van der Waals surface area (Å²) in [7, 11) is 1.52. The van der Waals surface area contributed by atoms with Crippen molar-refractivity contribution in [3.05, 3.63) is 33.2 Å². The van der Waals surface area contributed by atoms with Crippen LogP contribution in [-0.4, -0.2) is 30.6 Å². The molecular weight excluding hydrogens is 316 g/mol. The molecule has 0 spiro atoms. The van der Waals surface area contributed by atoms with Crippen molar-refractivity contribution in [1.82, 2.24) is 0 Å². The van der Waals surface area contributed by atoms with E-state index in [-0.39, 0.29) is 17.3 Å². The van der Waals surface area contributed by atoms with E-state index in [1.165, 1.54) is 7.11 Å². The number of hydrogen-bond donors (Lipinski definition) is 1. The number of fused-ring (bicyclic) bond motifs is 7. The van der Waals surface area contributed by atoms with Crippen LogP contribution in [0.2, 0.25) is 0 Å². The molecule has 7 nitrogen and oxygen atoms in total. The van der Waals surface area contributed by atoms with Crippen LogP contribution in [0.25, 0.3) is 11.0 Å². The van der Waals surface area contributed by atoms with E-state index in [9.17, 15) is 14.7 Å². The average Bonchev–Trinajstić information content (AvgIpc) is 3.18. The molecule has 5 rings (SSSR count). The summed E-state index contributed by atoms with van der Waals surface area (Å²) < 4.78 is 22.1. The number of carbonyl (C=O) groups excluding carboxylic acids is 1. The molecule has 3 heterocycles. The summed E-state index contributed by atoms with van der Waals surface area (Å²) in [6, 6.07) is 1.73. The Morgan fingerprint density at radius 3 is 2.92 bits per heavy atom. The molecule has 0 bridgehead atoms. The van der Waals surface area contributed by atoms with Crippen molar-refractivity contribution in [2.75, 3.05) is 7.11 Å². The first-order valence-electron chi connectivity index (χ1n) is 7.82. The number of methoxy groups -OCH3 is 1. The number of aliphatic hydroxyl groups excluding tert-OH is 1. The molecule has 3 unspecified atom stereocenters. The highest BCUT2D eigenvalue weighted by Gasteiger charge is 2.46. The zero-order valence-electron chi connectivity index (χ0n) is 12.8. The van der Waals surface area contributed by atoms with Gasteiger partial charge >= 0.3 is 5.63 Å². The van der Waals surface area contributed by atoms with Crippen LogP contribution in [0.4, 0.5) is 0 Å². The predicted octanol–water partition coefficient (Wildman–Crippen LogP) is 1.47. The second-order valence-electron chi connectivity index (χ2n) is 6.28. The molecule has 124 valence electrons. The Morgan fingerprint density at radius 1 is 1.29 bits per heavy atom. The molecule has 2 aromatic rings. The van der Waals surface area contributed by atoms with Crippen LogP contribution in [0.5, 0.6) is 11.5 Å². The summed E-state index contributed by atoms with van der Waals surface area (Å²) in [5.74, 6) is 0.603. The van der Waals surface area contributed by atoms with Gasteiger partial charge in [-0.25, -0.2) is 4.79 Å². The fourth-order valence-corrected chi connectivity index (χ4v) is 4.04. The molecule has 1 saturated heterocycles. The van der Waals surface area contributed by atoms with Gasteiger partial charge in [-0.3, -0.25) is 4.79 Å². The maximum absolute atomic E-state index is 12.3. The monoisotopic (exact) mass is 330 g/mol. The zero-order chi connectivity index (χ0) is 16.6. The number of Topliss-reactive ketones (excluding diaryl/α,β-unsaturated/α-hetero) is 1. The number of ketones is 1. The first-order valence-corrected chi connectivity index (χ1v) is 7.82. The Bertz CT molecular complexity index is 958. The quantitative estimate of drug-likeness (QED) is 0.791. The summed E-state index contributed by atoms with van der Waals surface area (Å²) in [4.78, 5) is 24.4. The molecule has 0 radical (unpaired) electrons. The van der Waals surface area contributed by atoms with E-state index in [1.807, 2.05) is 0 Å². The van der Waals surface area contributed by atoms with Gasteiger partial charge in [0.2, 0.25) is 6.29 Å². The molecule has 1 N–H and O–H groups in total. The standard InChI is InChI=1S/C17H14O7/c1-21-9-5-10-14(7-4-11(19)23-17(7)22-10)15-13(9)6-2-3-8(18)12(6)16(20)24-15/h5,7,11,17,19H,2-4H2,1H3. The third-order valence-corrected chi connectivity index (χ3v) is 5.04. The summed E-state index contributed by atoms with van der Waals surface area (Å²) in [5, 5.41) is 10.4. The second kappa shape index (κ2) is 4.58. The van der Waals surface area contributed by atoms with Crippen molar-refractivity contribution in [2.45, 2.75) is 37.8 Å². The van der Waals surface area contributed by atoms with Gasteiger partial charge in [-0.1, -0.05) is 0 Å². The van der Waals surface area contributed by atoms with Crippen LogP contribution in [0.15, 0.2) is 15.3 Å². The van der Waals surface area contributed by atoms with E-state index >= 15 is 0 Å². The van der Waals surface area contributed by atoms with Crippen LogP contribution in [0.1, 0.15) is 40.2 Å². The highest BCUT2D eigenvalue weighted by molar-refractivity contribution is 6.06. The van der Waals surface area contributed by atoms with Gasteiger partial charge in [-0.2, -0.15) is 0 Å². The minimum Gasteiger partial charge on any atom is -0.496 e. The van der Waals surface area contributed by atoms with Crippen LogP contribution in [-0.2, 0) is 11.2 Å². The van der Waals surface area contributed by atoms with E-state index in [0.717, 1.165) is 0 Å². The molecule has 24 heavy (non-hydrogen) atoms. The lowest BCUT2D eigenvalue weighted by atomic mass is 9.93. The summed E-state index contributed by atoms with van der Waals surface area (Å²) >= 11 is 0. The Labute approximate surface area is 135 Å². The smallest absolute Gasteiger partial charge is 0.347 e. The van der Waals surface area contributed by atoms with Crippen molar-refractivity contribution in [2.24, 2.45) is 0 Å². The molecule has 1 aliphatic carbocycles. The molecule has 3 aliphatic rings. The highest BCUT2D eigenvalue weighted by Crippen LogP contribution is 2.51. The van der Waals surface area contributed by atoms with Gasteiger partial charge < -0.3 is 23.7 Å². The Balaban J connectivity index is 1.88. The molecule has 2 aliphatic heterocycles. The molecule has 0 amide bonds. The summed E-state index contributed by atoms with van der Waals surface area (Å²) in [6.45, 7) is 0. The number of aryl methyl sites for hydroxylation is 1. The average molecular weight is 330 g/mol. The number of carbonyl (C=O) groups is 1. The van der Waals surface area contributed by atoms with Crippen molar-refractivity contribution in [3.63, 3.8) is 0 Å². The summed E-state index contributed by atoms with van der Waals surface area (Å²) in [5.41, 5.74) is 1.24. The highest BCUT2D eigenvalue weighted by atomic mass is 16.7. The van der Waals surface area contributed by atoms with E-state index in [2.05, 4.69) is 0 Å². The first kappa shape index (κ1) is 14.0. The maximum atomic E-state index is 12.3. The number of benzene rings is 1. The molecule has 1 aromatic carbocycles. The van der Waals surface area contributed by atoms with Gasteiger partial charge in [-0.15, -0.1) is 0 Å². The fraction of sp³-hybridized carbons (Fsp3) is 0.412. The van der Waals surface area contributed by atoms with E-state index in [0.29, 0.717) is 52.9 Å². The summed E-state index contributed by atoms with van der Waals surface area (Å²) in [6.07, 6.45) is -0.374. The van der Waals surface area contributed by atoms with E-state index in [4.69, 9.17) is 18.6 Å². The normalized spacial score (nSPS) is 27.1. The Kier molecular flexibility index (Phi) is 2.67. The van der Waals surface area contributed by atoms with Crippen LogP contribution in [0.3, 0.4) is 0 Å². The molecule has 0 saturated carbocycles. The molecular formula is C17H14O7. The lowest BCUT2D eigenvalue weighted by molar-refractivity contribution is -0.147. The van der Waals surface area contributed by atoms with Gasteiger partial charge in [0.1, 0.15) is 22.6 Å². The van der Waals surface area contributed by atoms with Crippen molar-refractivity contribution in [1.29, 1.82) is 0 Å². The second-order valence-corrected chi connectivity index (χ2v) is 6.28. The van der Waals surface area contributed by atoms with Crippen molar-refractivity contribution >= 4 is 16.8 Å².